The summed E-state index contributed by atoms with van der Waals surface area (Å²) in [7, 11) is 0. The second kappa shape index (κ2) is 13.4. The standard InChI is InChI=1S/C27H35N3O10/c1-7-8-11-30-20-10-9-14(2)12-19(20)22(26(30)35)29-40-27-23(28-15(3)31)25(38-18(6)34)24(37-17(5)33)21(39-27)13-36-16(4)32/h9-10,12,21,23-25,27H,7-8,11,13H2,1-6H3,(H,28,31)/b29-22+/t21-,23-,24+,25-,27+/m1/s1. The number of aryl methyl sites for hydroxylation is 1. The summed E-state index contributed by atoms with van der Waals surface area (Å²) in [5.41, 5.74) is 2.19. The smallest absolute Gasteiger partial charge is 0.303 e. The quantitative estimate of drug-likeness (QED) is 0.252. The summed E-state index contributed by atoms with van der Waals surface area (Å²) in [5, 5.41) is 6.75. The Morgan fingerprint density at radius 2 is 1.70 bits per heavy atom. The molecular formula is C27H35N3O10. The molecule has 1 saturated heterocycles. The van der Waals surface area contributed by atoms with Gasteiger partial charge in [0.05, 0.1) is 5.69 Å². The molecule has 5 atom stereocenters. The highest BCUT2D eigenvalue weighted by Crippen LogP contribution is 2.32. The van der Waals surface area contributed by atoms with E-state index >= 15 is 0 Å². The van der Waals surface area contributed by atoms with E-state index < -0.39 is 54.5 Å². The number of carbonyl (C=O) groups is 5. The molecule has 0 spiro atoms. The minimum atomic E-state index is -1.43. The van der Waals surface area contributed by atoms with E-state index in [1.54, 1.807) is 4.90 Å². The third kappa shape index (κ3) is 7.34. The van der Waals surface area contributed by atoms with Crippen molar-refractivity contribution in [3.8, 4) is 0 Å². The molecule has 2 aliphatic rings. The molecular weight excluding hydrogens is 526 g/mol. The molecule has 0 radical (unpaired) electrons. The van der Waals surface area contributed by atoms with Crippen molar-refractivity contribution in [2.75, 3.05) is 18.1 Å². The van der Waals surface area contributed by atoms with Crippen molar-refractivity contribution in [1.29, 1.82) is 0 Å². The lowest BCUT2D eigenvalue weighted by Gasteiger charge is -2.43. The van der Waals surface area contributed by atoms with E-state index in [0.717, 1.165) is 32.3 Å². The van der Waals surface area contributed by atoms with E-state index in [4.69, 9.17) is 23.8 Å². The van der Waals surface area contributed by atoms with E-state index in [9.17, 15) is 24.0 Å². The van der Waals surface area contributed by atoms with Crippen LogP contribution in [0.4, 0.5) is 5.69 Å². The first-order valence-corrected chi connectivity index (χ1v) is 13.0. The average Bonchev–Trinajstić information content (AvgIpc) is 3.11. The Morgan fingerprint density at radius 1 is 1.02 bits per heavy atom. The number of esters is 3. The summed E-state index contributed by atoms with van der Waals surface area (Å²) in [6, 6.07) is 4.34. The SMILES string of the molecule is CCCCN1C(=O)/C(=N/O[C@@H]2O[C@H](COC(C)=O)[C@H](OC(C)=O)[C@H](OC(C)=O)[C@H]2NC(C)=O)c2cc(C)ccc21. The van der Waals surface area contributed by atoms with Gasteiger partial charge < -0.3 is 34.0 Å². The van der Waals surface area contributed by atoms with Gasteiger partial charge in [-0.2, -0.15) is 0 Å². The molecule has 0 aliphatic carbocycles. The summed E-state index contributed by atoms with van der Waals surface area (Å²) in [6.07, 6.45) is -3.51. The fourth-order valence-corrected chi connectivity index (χ4v) is 4.54. The largest absolute Gasteiger partial charge is 0.463 e. The highest BCUT2D eigenvalue weighted by Gasteiger charge is 2.52. The number of nitrogens with one attached hydrogen (secondary N) is 1. The van der Waals surface area contributed by atoms with E-state index in [0.29, 0.717) is 17.8 Å². The van der Waals surface area contributed by atoms with Crippen LogP contribution >= 0.6 is 0 Å². The maximum atomic E-state index is 13.4. The first kappa shape index (κ1) is 30.5. The zero-order valence-electron chi connectivity index (χ0n) is 23.4. The molecule has 13 heteroatoms. The maximum absolute atomic E-state index is 13.4. The number of rotatable bonds is 10. The molecule has 1 aromatic rings. The molecule has 13 nitrogen and oxygen atoms in total. The summed E-state index contributed by atoms with van der Waals surface area (Å²) in [4.78, 5) is 68.3. The van der Waals surface area contributed by atoms with Crippen molar-refractivity contribution in [2.45, 2.75) is 85.0 Å². The third-order valence-electron chi connectivity index (χ3n) is 6.20. The second-order valence-corrected chi connectivity index (χ2v) is 9.60. The van der Waals surface area contributed by atoms with Crippen molar-refractivity contribution in [2.24, 2.45) is 5.16 Å². The fourth-order valence-electron chi connectivity index (χ4n) is 4.54. The lowest BCUT2D eigenvalue weighted by atomic mass is 9.96. The Hall–Kier alpha value is -4.00. The van der Waals surface area contributed by atoms with Gasteiger partial charge in [-0.3, -0.25) is 24.0 Å². The van der Waals surface area contributed by atoms with E-state index in [2.05, 4.69) is 10.5 Å². The number of amides is 2. The Labute approximate surface area is 232 Å². The highest BCUT2D eigenvalue weighted by atomic mass is 16.8. The van der Waals surface area contributed by atoms with Gasteiger partial charge in [0, 0.05) is 39.8 Å². The van der Waals surface area contributed by atoms with Crippen molar-refractivity contribution >= 4 is 41.1 Å². The number of hydrogen-bond donors (Lipinski definition) is 1. The van der Waals surface area contributed by atoms with E-state index in [-0.39, 0.29) is 18.2 Å². The molecule has 1 N–H and O–H groups in total. The minimum Gasteiger partial charge on any atom is -0.463 e. The first-order valence-electron chi connectivity index (χ1n) is 13.0. The average molecular weight is 562 g/mol. The zero-order valence-corrected chi connectivity index (χ0v) is 23.4. The number of anilines is 1. The number of hydrogen-bond acceptors (Lipinski definition) is 11. The number of nitrogens with zero attached hydrogens (tertiary/aromatic N) is 2. The molecule has 3 rings (SSSR count). The molecule has 0 bridgehead atoms. The van der Waals surface area contributed by atoms with Crippen molar-refractivity contribution in [1.82, 2.24) is 5.32 Å². The number of unbranched alkanes of at least 4 members (excludes halogenated alkanes) is 1. The fraction of sp³-hybridized carbons (Fsp3) is 0.556. The van der Waals surface area contributed by atoms with Gasteiger partial charge in [-0.25, -0.2) is 0 Å². The molecule has 1 fully saturated rings. The highest BCUT2D eigenvalue weighted by molar-refractivity contribution is 6.54. The van der Waals surface area contributed by atoms with Crippen LogP contribution in [-0.4, -0.2) is 79.2 Å². The summed E-state index contributed by atoms with van der Waals surface area (Å²) < 4.78 is 21.9. The molecule has 0 unspecified atom stereocenters. The molecule has 0 aromatic heterocycles. The van der Waals surface area contributed by atoms with Gasteiger partial charge in [-0.1, -0.05) is 30.1 Å². The Balaban J connectivity index is 2.02. The monoisotopic (exact) mass is 561 g/mol. The van der Waals surface area contributed by atoms with Crippen LogP contribution in [0.1, 0.15) is 58.6 Å². The Bertz CT molecular complexity index is 1180. The Kier molecular flexibility index (Phi) is 10.2. The molecule has 0 saturated carbocycles. The maximum Gasteiger partial charge on any atom is 0.303 e. The van der Waals surface area contributed by atoms with E-state index in [1.807, 2.05) is 32.0 Å². The molecule has 2 heterocycles. The first-order chi connectivity index (χ1) is 18.9. The van der Waals surface area contributed by atoms with Gasteiger partial charge in [0.2, 0.25) is 5.91 Å². The molecule has 40 heavy (non-hydrogen) atoms. The van der Waals surface area contributed by atoms with Gasteiger partial charge in [0.1, 0.15) is 18.8 Å². The Morgan fingerprint density at radius 3 is 2.30 bits per heavy atom. The van der Waals surface area contributed by atoms with Gasteiger partial charge in [0.15, 0.2) is 17.9 Å². The number of ether oxygens (including phenoxy) is 4. The predicted octanol–water partition coefficient (Wildman–Crippen LogP) is 1.52. The lowest BCUT2D eigenvalue weighted by Crippen LogP contribution is -2.66. The topological polar surface area (TPSA) is 159 Å². The van der Waals surface area contributed by atoms with Gasteiger partial charge in [-0.05, 0) is 25.5 Å². The molecule has 218 valence electrons. The molecule has 2 amide bonds. The third-order valence-corrected chi connectivity index (χ3v) is 6.20. The molecule has 2 aliphatic heterocycles. The lowest BCUT2D eigenvalue weighted by molar-refractivity contribution is -0.278. The zero-order chi connectivity index (χ0) is 29.6. The van der Waals surface area contributed by atoms with Crippen LogP contribution < -0.4 is 10.2 Å². The number of carbonyl (C=O) groups excluding carboxylic acids is 5. The van der Waals surface area contributed by atoms with Crippen LogP contribution in [0.3, 0.4) is 0 Å². The van der Waals surface area contributed by atoms with Crippen LogP contribution in [0.25, 0.3) is 0 Å². The van der Waals surface area contributed by atoms with Crippen LogP contribution in [0.15, 0.2) is 23.4 Å². The summed E-state index contributed by atoms with van der Waals surface area (Å²) in [5.74, 6) is -3.00. The van der Waals surface area contributed by atoms with Crippen molar-refractivity contribution < 1.29 is 47.8 Å². The second-order valence-electron chi connectivity index (χ2n) is 9.60. The number of oxime groups is 1. The van der Waals surface area contributed by atoms with Crippen LogP contribution in [0.5, 0.6) is 0 Å². The van der Waals surface area contributed by atoms with Crippen LogP contribution in [0, 0.1) is 6.92 Å². The number of benzene rings is 1. The van der Waals surface area contributed by atoms with Gasteiger partial charge >= 0.3 is 17.9 Å². The normalized spacial score (nSPS) is 24.8. The van der Waals surface area contributed by atoms with Crippen LogP contribution in [-0.2, 0) is 47.8 Å². The number of fused-ring (bicyclic) bond motifs is 1. The summed E-state index contributed by atoms with van der Waals surface area (Å²) in [6.45, 7) is 8.70. The van der Waals surface area contributed by atoms with Crippen molar-refractivity contribution in [3.63, 3.8) is 0 Å². The summed E-state index contributed by atoms with van der Waals surface area (Å²) >= 11 is 0. The van der Waals surface area contributed by atoms with Gasteiger partial charge in [-0.15, -0.1) is 0 Å². The van der Waals surface area contributed by atoms with Gasteiger partial charge in [0.25, 0.3) is 12.2 Å². The minimum absolute atomic E-state index is 0.0302. The van der Waals surface area contributed by atoms with Crippen LogP contribution in [0.2, 0.25) is 0 Å². The molecule has 1 aromatic carbocycles. The van der Waals surface area contributed by atoms with Crippen molar-refractivity contribution in [3.05, 3.63) is 29.3 Å². The predicted molar refractivity (Wildman–Crippen MR) is 140 cm³/mol. The van der Waals surface area contributed by atoms with E-state index in [1.165, 1.54) is 13.8 Å².